The fraction of sp³-hybridized carbons (Fsp3) is 0.235. The van der Waals surface area contributed by atoms with Gasteiger partial charge in [0.1, 0.15) is 0 Å². The van der Waals surface area contributed by atoms with Crippen LogP contribution >= 0.6 is 23.4 Å². The third-order valence-corrected chi connectivity index (χ3v) is 4.63. The summed E-state index contributed by atoms with van der Waals surface area (Å²) < 4.78 is 4.92. The molecule has 2 rings (SSSR count). The minimum atomic E-state index is -0.572. The van der Waals surface area contributed by atoms with Crippen molar-refractivity contribution in [3.63, 3.8) is 0 Å². The van der Waals surface area contributed by atoms with Gasteiger partial charge in [-0.05, 0) is 29.8 Å². The van der Waals surface area contributed by atoms with Gasteiger partial charge in [-0.3, -0.25) is 14.9 Å². The second kappa shape index (κ2) is 9.29. The smallest absolute Gasteiger partial charge is 0.311 e. The predicted octanol–water partition coefficient (Wildman–Crippen LogP) is 3.92. The van der Waals surface area contributed by atoms with E-state index in [1.165, 1.54) is 25.3 Å². The number of nitro benzene ring substituents is 1. The van der Waals surface area contributed by atoms with E-state index in [1.807, 2.05) is 24.3 Å². The summed E-state index contributed by atoms with van der Waals surface area (Å²) in [4.78, 5) is 22.5. The summed E-state index contributed by atoms with van der Waals surface area (Å²) in [6, 6.07) is 11.7. The van der Waals surface area contributed by atoms with Gasteiger partial charge in [0.15, 0.2) is 5.75 Å². The Labute approximate surface area is 154 Å². The first-order valence-corrected chi connectivity index (χ1v) is 8.97. The van der Waals surface area contributed by atoms with Crippen LogP contribution < -0.4 is 10.1 Å². The molecule has 1 N–H and O–H groups in total. The number of rotatable bonds is 8. The zero-order valence-corrected chi connectivity index (χ0v) is 15.1. The molecular weight excluding hydrogens is 364 g/mol. The van der Waals surface area contributed by atoms with Crippen molar-refractivity contribution in [2.45, 2.75) is 5.75 Å². The molecule has 0 heterocycles. The van der Waals surface area contributed by atoms with E-state index in [9.17, 15) is 14.9 Å². The molecule has 0 saturated heterocycles. The van der Waals surface area contributed by atoms with Crippen LogP contribution in [0.5, 0.6) is 5.75 Å². The molecule has 0 aliphatic rings. The molecule has 0 atom stereocenters. The maximum absolute atomic E-state index is 12.1. The van der Waals surface area contributed by atoms with E-state index in [1.54, 1.807) is 11.8 Å². The van der Waals surface area contributed by atoms with E-state index >= 15 is 0 Å². The Balaban J connectivity index is 1.81. The Morgan fingerprint density at radius 2 is 2.00 bits per heavy atom. The number of hydrogen-bond donors (Lipinski definition) is 1. The number of benzene rings is 2. The van der Waals surface area contributed by atoms with Crippen LogP contribution in [-0.2, 0) is 5.75 Å². The fourth-order valence-corrected chi connectivity index (χ4v) is 3.03. The van der Waals surface area contributed by atoms with Crippen molar-refractivity contribution < 1.29 is 14.5 Å². The second-order valence-electron chi connectivity index (χ2n) is 5.08. The molecule has 2 aromatic rings. The van der Waals surface area contributed by atoms with Crippen molar-refractivity contribution in [1.82, 2.24) is 5.32 Å². The number of thioether (sulfide) groups is 1. The molecule has 0 bridgehead atoms. The van der Waals surface area contributed by atoms with Crippen molar-refractivity contribution in [2.24, 2.45) is 0 Å². The second-order valence-corrected chi connectivity index (χ2v) is 6.62. The van der Waals surface area contributed by atoms with Crippen molar-refractivity contribution >= 4 is 35.0 Å². The lowest BCUT2D eigenvalue weighted by molar-refractivity contribution is -0.385. The van der Waals surface area contributed by atoms with Gasteiger partial charge in [0.05, 0.1) is 12.0 Å². The Hall–Kier alpha value is -2.25. The Morgan fingerprint density at radius 3 is 2.64 bits per heavy atom. The normalized spacial score (nSPS) is 10.3. The summed E-state index contributed by atoms with van der Waals surface area (Å²) in [7, 11) is 1.35. The number of carbonyl (C=O) groups is 1. The first-order chi connectivity index (χ1) is 12.0. The Bertz CT molecular complexity index is 753. The zero-order valence-electron chi connectivity index (χ0n) is 13.5. The summed E-state index contributed by atoms with van der Waals surface area (Å²) in [5.41, 5.74) is 1.16. The highest BCUT2D eigenvalue weighted by Gasteiger charge is 2.17. The van der Waals surface area contributed by atoms with Crippen molar-refractivity contribution in [3.8, 4) is 5.75 Å². The topological polar surface area (TPSA) is 81.5 Å². The monoisotopic (exact) mass is 380 g/mol. The van der Waals surface area contributed by atoms with Crippen LogP contribution in [0, 0.1) is 10.1 Å². The van der Waals surface area contributed by atoms with Gasteiger partial charge >= 0.3 is 5.69 Å². The van der Waals surface area contributed by atoms with Gasteiger partial charge in [0.2, 0.25) is 0 Å². The van der Waals surface area contributed by atoms with Crippen LogP contribution in [0.15, 0.2) is 42.5 Å². The van der Waals surface area contributed by atoms with E-state index < -0.39 is 4.92 Å². The number of methoxy groups -OCH3 is 1. The van der Waals surface area contributed by atoms with Crippen molar-refractivity contribution in [3.05, 3.63) is 68.7 Å². The Kier molecular flexibility index (Phi) is 7.09. The minimum absolute atomic E-state index is 0.125. The molecule has 0 unspecified atom stereocenters. The van der Waals surface area contributed by atoms with Crippen LogP contribution in [-0.4, -0.2) is 30.2 Å². The number of nitrogens with one attached hydrogen (secondary N) is 1. The molecule has 0 saturated carbocycles. The molecule has 25 heavy (non-hydrogen) atoms. The third kappa shape index (κ3) is 5.65. The maximum Gasteiger partial charge on any atom is 0.311 e. The number of hydrogen-bond acceptors (Lipinski definition) is 5. The number of carbonyl (C=O) groups excluding carboxylic acids is 1. The molecule has 0 aliphatic carbocycles. The van der Waals surface area contributed by atoms with E-state index in [2.05, 4.69) is 5.32 Å². The molecule has 1 amide bonds. The van der Waals surface area contributed by atoms with Crippen LogP contribution in [0.2, 0.25) is 5.02 Å². The van der Waals surface area contributed by atoms with E-state index in [4.69, 9.17) is 16.3 Å². The highest BCUT2D eigenvalue weighted by molar-refractivity contribution is 7.98. The molecule has 0 radical (unpaired) electrons. The predicted molar refractivity (Wildman–Crippen MR) is 99.6 cm³/mol. The number of nitrogens with zero attached hydrogens (tertiary/aromatic N) is 1. The highest BCUT2D eigenvalue weighted by atomic mass is 35.5. The van der Waals surface area contributed by atoms with Gasteiger partial charge in [-0.15, -0.1) is 0 Å². The van der Waals surface area contributed by atoms with Crippen molar-refractivity contribution in [1.29, 1.82) is 0 Å². The maximum atomic E-state index is 12.1. The highest BCUT2D eigenvalue weighted by Crippen LogP contribution is 2.27. The molecule has 0 fully saturated rings. The van der Waals surface area contributed by atoms with Crippen LogP contribution in [0.1, 0.15) is 15.9 Å². The minimum Gasteiger partial charge on any atom is -0.490 e. The first-order valence-electron chi connectivity index (χ1n) is 7.44. The van der Waals surface area contributed by atoms with Crippen LogP contribution in [0.3, 0.4) is 0 Å². The summed E-state index contributed by atoms with van der Waals surface area (Å²) in [5, 5.41) is 14.4. The van der Waals surface area contributed by atoms with E-state index in [-0.39, 0.29) is 22.9 Å². The summed E-state index contributed by atoms with van der Waals surface area (Å²) in [6.45, 7) is 0.469. The zero-order chi connectivity index (χ0) is 18.2. The van der Waals surface area contributed by atoms with Crippen LogP contribution in [0.25, 0.3) is 0 Å². The molecule has 132 valence electrons. The quantitative estimate of drug-likeness (QED) is 0.426. The first kappa shape index (κ1) is 19.1. The SMILES string of the molecule is COc1ccc(C(=O)NCCSCc2ccc(Cl)cc2)cc1[N+](=O)[O-]. The van der Waals surface area contributed by atoms with Gasteiger partial charge in [0, 0.05) is 34.7 Å². The lowest BCUT2D eigenvalue weighted by Crippen LogP contribution is -2.25. The fourth-order valence-electron chi connectivity index (χ4n) is 2.08. The van der Waals surface area contributed by atoms with Crippen molar-refractivity contribution in [2.75, 3.05) is 19.4 Å². The average molecular weight is 381 g/mol. The Morgan fingerprint density at radius 1 is 1.28 bits per heavy atom. The van der Waals surface area contributed by atoms with Gasteiger partial charge in [-0.25, -0.2) is 0 Å². The standard InChI is InChI=1S/C17H17ClN2O4S/c1-24-16-7-4-13(10-15(16)20(22)23)17(21)19-8-9-25-11-12-2-5-14(18)6-3-12/h2-7,10H,8-9,11H2,1H3,(H,19,21). The molecule has 8 heteroatoms. The summed E-state index contributed by atoms with van der Waals surface area (Å²) in [5.74, 6) is 1.33. The summed E-state index contributed by atoms with van der Waals surface area (Å²) >= 11 is 7.51. The van der Waals surface area contributed by atoms with Crippen LogP contribution in [0.4, 0.5) is 5.69 Å². The molecule has 0 aliphatic heterocycles. The number of halogens is 1. The lowest BCUT2D eigenvalue weighted by atomic mass is 10.1. The number of amides is 1. The third-order valence-electron chi connectivity index (χ3n) is 3.35. The molecule has 2 aromatic carbocycles. The average Bonchev–Trinajstić information content (AvgIpc) is 2.62. The van der Waals surface area contributed by atoms with E-state index in [0.717, 1.165) is 17.1 Å². The van der Waals surface area contributed by atoms with Gasteiger partial charge in [-0.1, -0.05) is 23.7 Å². The number of nitro groups is 1. The van der Waals surface area contributed by atoms with Gasteiger partial charge < -0.3 is 10.1 Å². The summed E-state index contributed by atoms with van der Waals surface area (Å²) in [6.07, 6.45) is 0. The molecular formula is C17H17ClN2O4S. The molecule has 0 aromatic heterocycles. The van der Waals surface area contributed by atoms with E-state index in [0.29, 0.717) is 11.6 Å². The van der Waals surface area contributed by atoms with Gasteiger partial charge in [-0.2, -0.15) is 11.8 Å². The number of ether oxygens (including phenoxy) is 1. The van der Waals surface area contributed by atoms with Gasteiger partial charge in [0.25, 0.3) is 5.91 Å². The molecule has 6 nitrogen and oxygen atoms in total. The lowest BCUT2D eigenvalue weighted by Gasteiger charge is -2.07. The molecule has 0 spiro atoms. The largest absolute Gasteiger partial charge is 0.490 e.